The highest BCUT2D eigenvalue weighted by atomic mass is 19.1. The molecule has 0 spiro atoms. The highest BCUT2D eigenvalue weighted by molar-refractivity contribution is 5.97. The molecule has 2 rings (SSSR count). The Bertz CT molecular complexity index is 837. The summed E-state index contributed by atoms with van der Waals surface area (Å²) in [4.78, 5) is 23.9. The molecule has 4 nitrogen and oxygen atoms in total. The monoisotopic (exact) mass is 360 g/mol. The van der Waals surface area contributed by atoms with Crippen LogP contribution in [-0.4, -0.2) is 17.9 Å². The van der Waals surface area contributed by atoms with Crippen LogP contribution in [0.1, 0.15) is 36.2 Å². The van der Waals surface area contributed by atoms with Gasteiger partial charge in [-0.25, -0.2) is 8.78 Å². The van der Waals surface area contributed by atoms with Crippen molar-refractivity contribution in [3.63, 3.8) is 0 Å². The van der Waals surface area contributed by atoms with Gasteiger partial charge in [0.15, 0.2) is 0 Å². The molecule has 0 aliphatic carbocycles. The summed E-state index contributed by atoms with van der Waals surface area (Å²) in [6.45, 7) is 5.37. The van der Waals surface area contributed by atoms with E-state index in [0.29, 0.717) is 17.5 Å². The zero-order valence-electron chi connectivity index (χ0n) is 15.0. The molecule has 6 heteroatoms. The Labute approximate surface area is 151 Å². The van der Waals surface area contributed by atoms with Gasteiger partial charge in [0.2, 0.25) is 5.91 Å². The summed E-state index contributed by atoms with van der Waals surface area (Å²) in [7, 11) is 0. The van der Waals surface area contributed by atoms with Gasteiger partial charge in [-0.3, -0.25) is 9.59 Å². The third-order valence-corrected chi connectivity index (χ3v) is 4.52. The number of nitrogens with two attached hydrogens (primary N) is 1. The molecular formula is C20H22F2N2O2. The lowest BCUT2D eigenvalue weighted by Crippen LogP contribution is -2.48. The van der Waals surface area contributed by atoms with Gasteiger partial charge in [-0.15, -0.1) is 0 Å². The second-order valence-electron chi connectivity index (χ2n) is 6.39. The first kappa shape index (κ1) is 19.6. The molecule has 0 fully saturated rings. The molecule has 138 valence electrons. The van der Waals surface area contributed by atoms with Crippen LogP contribution in [0.2, 0.25) is 0 Å². The molecule has 2 unspecified atom stereocenters. The van der Waals surface area contributed by atoms with Crippen LogP contribution < -0.4 is 11.1 Å². The van der Waals surface area contributed by atoms with Crippen molar-refractivity contribution < 1.29 is 18.4 Å². The van der Waals surface area contributed by atoms with Crippen LogP contribution in [0, 0.1) is 24.5 Å². The average Bonchev–Trinajstić information content (AvgIpc) is 2.59. The predicted molar refractivity (Wildman–Crippen MR) is 96.4 cm³/mol. The zero-order valence-corrected chi connectivity index (χ0v) is 15.0. The molecule has 26 heavy (non-hydrogen) atoms. The minimum atomic E-state index is -0.824. The smallest absolute Gasteiger partial charge is 0.252 e. The first-order valence-electron chi connectivity index (χ1n) is 8.40. The van der Waals surface area contributed by atoms with Crippen molar-refractivity contribution in [2.45, 2.75) is 33.2 Å². The Hall–Kier alpha value is -2.76. The molecule has 0 heterocycles. The molecule has 0 bridgehead atoms. The minimum absolute atomic E-state index is 0.0839. The number of primary amides is 1. The number of nitrogens with one attached hydrogen (secondary N) is 1. The molecular weight excluding hydrogens is 338 g/mol. The number of amides is 2. The van der Waals surface area contributed by atoms with Gasteiger partial charge in [0.25, 0.3) is 5.91 Å². The maximum Gasteiger partial charge on any atom is 0.252 e. The lowest BCUT2D eigenvalue weighted by molar-refractivity contribution is -0.120. The first-order chi connectivity index (χ1) is 12.2. The third kappa shape index (κ3) is 4.25. The van der Waals surface area contributed by atoms with E-state index in [1.165, 1.54) is 30.3 Å². The fraction of sp³-hybridized carbons (Fsp3) is 0.300. The van der Waals surface area contributed by atoms with Crippen molar-refractivity contribution in [2.24, 2.45) is 11.7 Å². The summed E-state index contributed by atoms with van der Waals surface area (Å²) in [5.41, 5.74) is 6.83. The number of rotatable bonds is 6. The number of carbonyl (C=O) groups is 2. The van der Waals surface area contributed by atoms with E-state index in [0.717, 1.165) is 6.07 Å². The number of hydrogen-bond donors (Lipinski definition) is 2. The molecule has 0 saturated carbocycles. The van der Waals surface area contributed by atoms with E-state index in [1.54, 1.807) is 13.8 Å². The van der Waals surface area contributed by atoms with Crippen LogP contribution >= 0.6 is 0 Å². The summed E-state index contributed by atoms with van der Waals surface area (Å²) in [5.74, 6) is -2.35. The Morgan fingerprint density at radius 1 is 1.12 bits per heavy atom. The number of carbonyl (C=O) groups excluding carboxylic acids is 2. The molecule has 0 saturated heterocycles. The molecule has 0 aliphatic rings. The lowest BCUT2D eigenvalue weighted by atomic mass is 9.97. The summed E-state index contributed by atoms with van der Waals surface area (Å²) in [6.07, 6.45) is 0.658. The summed E-state index contributed by atoms with van der Waals surface area (Å²) >= 11 is 0. The van der Waals surface area contributed by atoms with Crippen LogP contribution in [0.4, 0.5) is 8.78 Å². The Kier molecular flexibility index (Phi) is 6.08. The standard InChI is InChI=1S/C20H22F2N2O2/c1-4-11(2)18(19(23)25)24-20(26)13-5-7-16(17(22)10-13)15-8-6-14(21)9-12(15)3/h5-11,18H,4H2,1-3H3,(H2,23,25)(H,24,26). The average molecular weight is 360 g/mol. The van der Waals surface area contributed by atoms with Crippen molar-refractivity contribution in [1.29, 1.82) is 0 Å². The van der Waals surface area contributed by atoms with E-state index in [9.17, 15) is 18.4 Å². The normalized spacial score (nSPS) is 13.1. The highest BCUT2D eigenvalue weighted by Crippen LogP contribution is 2.27. The summed E-state index contributed by atoms with van der Waals surface area (Å²) in [6, 6.07) is 7.27. The molecule has 3 N–H and O–H groups in total. The predicted octanol–water partition coefficient (Wildman–Crippen LogP) is 3.57. The van der Waals surface area contributed by atoms with Gasteiger partial charge in [-0.2, -0.15) is 0 Å². The van der Waals surface area contributed by atoms with E-state index in [4.69, 9.17) is 5.73 Å². The van der Waals surface area contributed by atoms with Crippen LogP contribution in [0.15, 0.2) is 36.4 Å². The van der Waals surface area contributed by atoms with Crippen molar-refractivity contribution in [3.05, 3.63) is 59.2 Å². The first-order valence-corrected chi connectivity index (χ1v) is 8.40. The van der Waals surface area contributed by atoms with Gasteiger partial charge >= 0.3 is 0 Å². The zero-order chi connectivity index (χ0) is 19.4. The van der Waals surface area contributed by atoms with Crippen LogP contribution in [0.25, 0.3) is 11.1 Å². The van der Waals surface area contributed by atoms with Crippen LogP contribution in [0.5, 0.6) is 0 Å². The number of aryl methyl sites for hydroxylation is 1. The molecule has 2 amide bonds. The van der Waals surface area contributed by atoms with Crippen molar-refractivity contribution >= 4 is 11.8 Å². The van der Waals surface area contributed by atoms with Gasteiger partial charge in [0.1, 0.15) is 17.7 Å². The van der Waals surface area contributed by atoms with E-state index >= 15 is 0 Å². The van der Waals surface area contributed by atoms with Gasteiger partial charge in [0.05, 0.1) is 0 Å². The quantitative estimate of drug-likeness (QED) is 0.827. The topological polar surface area (TPSA) is 72.2 Å². The van der Waals surface area contributed by atoms with Gasteiger partial charge in [-0.1, -0.05) is 32.4 Å². The summed E-state index contributed by atoms with van der Waals surface area (Å²) in [5, 5.41) is 2.56. The minimum Gasteiger partial charge on any atom is -0.368 e. The van der Waals surface area contributed by atoms with Crippen molar-refractivity contribution in [3.8, 4) is 11.1 Å². The number of halogens is 2. The Morgan fingerprint density at radius 2 is 1.77 bits per heavy atom. The van der Waals surface area contributed by atoms with E-state index in [2.05, 4.69) is 5.32 Å². The molecule has 2 aromatic carbocycles. The fourth-order valence-corrected chi connectivity index (χ4v) is 2.76. The maximum absolute atomic E-state index is 14.5. The van der Waals surface area contributed by atoms with Crippen molar-refractivity contribution in [2.75, 3.05) is 0 Å². The van der Waals surface area contributed by atoms with E-state index in [1.807, 2.05) is 6.92 Å². The van der Waals surface area contributed by atoms with E-state index < -0.39 is 29.5 Å². The Morgan fingerprint density at radius 3 is 2.31 bits per heavy atom. The molecule has 0 aliphatic heterocycles. The largest absolute Gasteiger partial charge is 0.368 e. The Balaban J connectivity index is 2.28. The third-order valence-electron chi connectivity index (χ3n) is 4.52. The SMILES string of the molecule is CCC(C)C(NC(=O)c1ccc(-c2ccc(F)cc2C)c(F)c1)C(N)=O. The number of benzene rings is 2. The van der Waals surface area contributed by atoms with Gasteiger partial charge < -0.3 is 11.1 Å². The van der Waals surface area contributed by atoms with Gasteiger partial charge in [0, 0.05) is 11.1 Å². The van der Waals surface area contributed by atoms with Crippen LogP contribution in [0.3, 0.4) is 0 Å². The van der Waals surface area contributed by atoms with Crippen molar-refractivity contribution in [1.82, 2.24) is 5.32 Å². The molecule has 2 aromatic rings. The van der Waals surface area contributed by atoms with E-state index in [-0.39, 0.29) is 17.0 Å². The molecule has 0 aromatic heterocycles. The van der Waals surface area contributed by atoms with Gasteiger partial charge in [-0.05, 0) is 48.2 Å². The second-order valence-corrected chi connectivity index (χ2v) is 6.39. The molecule has 2 atom stereocenters. The molecule has 0 radical (unpaired) electrons. The lowest BCUT2D eigenvalue weighted by Gasteiger charge is -2.21. The second kappa shape index (κ2) is 8.08. The highest BCUT2D eigenvalue weighted by Gasteiger charge is 2.24. The maximum atomic E-state index is 14.5. The van der Waals surface area contributed by atoms with Crippen LogP contribution in [-0.2, 0) is 4.79 Å². The summed E-state index contributed by atoms with van der Waals surface area (Å²) < 4.78 is 27.8. The number of hydrogen-bond acceptors (Lipinski definition) is 2. The fourth-order valence-electron chi connectivity index (χ4n) is 2.76.